The maximum Gasteiger partial charge on any atom is 0.409 e. The summed E-state index contributed by atoms with van der Waals surface area (Å²) in [6.45, 7) is 4.91. The monoisotopic (exact) mass is 359 g/mol. The fourth-order valence-corrected chi connectivity index (χ4v) is 2.73. The van der Waals surface area contributed by atoms with E-state index in [2.05, 4.69) is 15.3 Å². The average Bonchev–Trinajstić information content (AvgIpc) is 2.68. The average molecular weight is 359 g/mol. The molecule has 1 aromatic heterocycles. The van der Waals surface area contributed by atoms with Crippen LogP contribution in [0.3, 0.4) is 0 Å². The minimum absolute atomic E-state index is 0.246. The summed E-state index contributed by atoms with van der Waals surface area (Å²) in [5.41, 5.74) is 0.579. The molecule has 0 atom stereocenters. The molecule has 7 nitrogen and oxygen atoms in total. The third kappa shape index (κ3) is 4.38. The van der Waals surface area contributed by atoms with E-state index in [1.54, 1.807) is 42.3 Å². The molecule has 1 N–H and O–H groups in total. The van der Waals surface area contributed by atoms with Crippen molar-refractivity contribution in [2.24, 2.45) is 0 Å². The lowest BCUT2D eigenvalue weighted by atomic mass is 10.2. The van der Waals surface area contributed by atoms with Crippen LogP contribution in [0.1, 0.15) is 12.5 Å². The Labute approximate surface area is 151 Å². The summed E-state index contributed by atoms with van der Waals surface area (Å²) >= 11 is 0. The predicted octanol–water partition coefficient (Wildman–Crippen LogP) is 2.51. The van der Waals surface area contributed by atoms with Crippen LogP contribution in [0.5, 0.6) is 0 Å². The lowest BCUT2D eigenvalue weighted by Crippen LogP contribution is -2.49. The maximum absolute atomic E-state index is 13.7. The van der Waals surface area contributed by atoms with Gasteiger partial charge in [-0.1, -0.05) is 18.2 Å². The fourth-order valence-electron chi connectivity index (χ4n) is 2.73. The Morgan fingerprint density at radius 2 is 2.00 bits per heavy atom. The Morgan fingerprint density at radius 1 is 1.23 bits per heavy atom. The van der Waals surface area contributed by atoms with Crippen molar-refractivity contribution in [3.8, 4) is 0 Å². The van der Waals surface area contributed by atoms with E-state index in [9.17, 15) is 9.18 Å². The minimum Gasteiger partial charge on any atom is -0.450 e. The molecule has 0 bridgehead atoms. The molecule has 1 saturated heterocycles. The van der Waals surface area contributed by atoms with Gasteiger partial charge in [-0.15, -0.1) is 0 Å². The van der Waals surface area contributed by atoms with Gasteiger partial charge in [-0.3, -0.25) is 0 Å². The molecule has 0 unspecified atom stereocenters. The molecule has 2 heterocycles. The number of carbonyl (C=O) groups is 1. The highest BCUT2D eigenvalue weighted by molar-refractivity contribution is 5.68. The van der Waals surface area contributed by atoms with Crippen molar-refractivity contribution in [3.05, 3.63) is 47.9 Å². The molecular weight excluding hydrogens is 337 g/mol. The molecule has 8 heteroatoms. The van der Waals surface area contributed by atoms with Gasteiger partial charge < -0.3 is 19.9 Å². The molecule has 0 spiro atoms. The number of aromatic nitrogens is 2. The van der Waals surface area contributed by atoms with E-state index in [4.69, 9.17) is 4.74 Å². The summed E-state index contributed by atoms with van der Waals surface area (Å²) in [4.78, 5) is 24.3. The predicted molar refractivity (Wildman–Crippen MR) is 96.6 cm³/mol. The summed E-state index contributed by atoms with van der Waals surface area (Å²) in [5, 5.41) is 3.12. The summed E-state index contributed by atoms with van der Waals surface area (Å²) < 4.78 is 18.7. The second kappa shape index (κ2) is 8.46. The Hall–Kier alpha value is -2.90. The fraction of sp³-hybridized carbons (Fsp3) is 0.389. The van der Waals surface area contributed by atoms with Crippen LogP contribution in [0.4, 0.5) is 21.0 Å². The van der Waals surface area contributed by atoms with Crippen LogP contribution in [0, 0.1) is 5.82 Å². The SMILES string of the molecule is CCOC(=O)N1CCN(c2nccc(NCc3ccccc3F)n2)CC1. The quantitative estimate of drug-likeness (QED) is 0.885. The summed E-state index contributed by atoms with van der Waals surface area (Å²) in [7, 11) is 0. The zero-order chi connectivity index (χ0) is 18.4. The van der Waals surface area contributed by atoms with Crippen molar-refractivity contribution < 1.29 is 13.9 Å². The molecule has 26 heavy (non-hydrogen) atoms. The van der Waals surface area contributed by atoms with Gasteiger partial charge in [0.2, 0.25) is 5.95 Å². The number of hydrogen-bond donors (Lipinski definition) is 1. The molecule has 138 valence electrons. The standard InChI is InChI=1S/C18H22FN5O2/c1-2-26-18(25)24-11-9-23(10-12-24)17-20-8-7-16(22-17)21-13-14-5-3-4-6-15(14)19/h3-8H,2,9-13H2,1H3,(H,20,21,22). The van der Waals surface area contributed by atoms with Crippen molar-refractivity contribution in [1.29, 1.82) is 0 Å². The van der Waals surface area contributed by atoms with Crippen molar-refractivity contribution in [2.75, 3.05) is 43.0 Å². The van der Waals surface area contributed by atoms with E-state index < -0.39 is 0 Å². The van der Waals surface area contributed by atoms with E-state index in [1.807, 2.05) is 4.90 Å². The second-order valence-corrected chi connectivity index (χ2v) is 5.86. The Kier molecular flexibility index (Phi) is 5.83. The molecule has 1 aromatic carbocycles. The lowest BCUT2D eigenvalue weighted by molar-refractivity contribution is 0.105. The zero-order valence-corrected chi connectivity index (χ0v) is 14.7. The van der Waals surface area contributed by atoms with Crippen LogP contribution >= 0.6 is 0 Å². The summed E-state index contributed by atoms with van der Waals surface area (Å²) in [6.07, 6.45) is 1.39. The molecule has 3 rings (SSSR count). The van der Waals surface area contributed by atoms with Gasteiger partial charge in [0.1, 0.15) is 11.6 Å². The van der Waals surface area contributed by atoms with Crippen LogP contribution in [-0.2, 0) is 11.3 Å². The van der Waals surface area contributed by atoms with E-state index in [0.29, 0.717) is 56.7 Å². The van der Waals surface area contributed by atoms with E-state index in [1.165, 1.54) is 6.07 Å². The number of nitrogens with one attached hydrogen (secondary N) is 1. The molecule has 0 saturated carbocycles. The van der Waals surface area contributed by atoms with Gasteiger partial charge in [-0.2, -0.15) is 4.98 Å². The number of hydrogen-bond acceptors (Lipinski definition) is 6. The van der Waals surface area contributed by atoms with Gasteiger partial charge in [0.15, 0.2) is 0 Å². The number of benzene rings is 1. The molecule has 2 aromatic rings. The van der Waals surface area contributed by atoms with Gasteiger partial charge in [-0.25, -0.2) is 14.2 Å². The first kappa shape index (κ1) is 17.9. The summed E-state index contributed by atoms with van der Waals surface area (Å²) in [5.74, 6) is 0.975. The van der Waals surface area contributed by atoms with Gasteiger partial charge >= 0.3 is 6.09 Å². The molecule has 1 fully saturated rings. The Bertz CT molecular complexity index is 750. The van der Waals surface area contributed by atoms with Crippen LogP contribution in [0.2, 0.25) is 0 Å². The Balaban J connectivity index is 1.58. The molecule has 1 aliphatic rings. The topological polar surface area (TPSA) is 70.6 Å². The third-order valence-corrected chi connectivity index (χ3v) is 4.15. The van der Waals surface area contributed by atoms with E-state index in [0.717, 1.165) is 0 Å². The van der Waals surface area contributed by atoms with Crippen molar-refractivity contribution >= 4 is 17.9 Å². The van der Waals surface area contributed by atoms with Crippen LogP contribution < -0.4 is 10.2 Å². The lowest BCUT2D eigenvalue weighted by Gasteiger charge is -2.34. The van der Waals surface area contributed by atoms with Gasteiger partial charge in [0.25, 0.3) is 0 Å². The smallest absolute Gasteiger partial charge is 0.409 e. The molecule has 1 amide bonds. The highest BCUT2D eigenvalue weighted by Crippen LogP contribution is 2.15. The van der Waals surface area contributed by atoms with Crippen molar-refractivity contribution in [1.82, 2.24) is 14.9 Å². The molecular formula is C18H22FN5O2. The van der Waals surface area contributed by atoms with E-state index >= 15 is 0 Å². The van der Waals surface area contributed by atoms with Crippen molar-refractivity contribution in [2.45, 2.75) is 13.5 Å². The highest BCUT2D eigenvalue weighted by atomic mass is 19.1. The summed E-state index contributed by atoms with van der Waals surface area (Å²) in [6, 6.07) is 8.38. The van der Waals surface area contributed by atoms with Gasteiger partial charge in [0.05, 0.1) is 6.61 Å². The van der Waals surface area contributed by atoms with E-state index in [-0.39, 0.29) is 11.9 Å². The largest absolute Gasteiger partial charge is 0.450 e. The minimum atomic E-state index is -0.284. The number of ether oxygens (including phenoxy) is 1. The zero-order valence-electron chi connectivity index (χ0n) is 14.7. The first-order valence-electron chi connectivity index (χ1n) is 8.64. The van der Waals surface area contributed by atoms with Crippen LogP contribution in [0.25, 0.3) is 0 Å². The third-order valence-electron chi connectivity index (χ3n) is 4.15. The maximum atomic E-state index is 13.7. The second-order valence-electron chi connectivity index (χ2n) is 5.86. The van der Waals surface area contributed by atoms with Gasteiger partial charge in [-0.05, 0) is 19.1 Å². The number of nitrogens with zero attached hydrogens (tertiary/aromatic N) is 4. The molecule has 0 aliphatic carbocycles. The number of carbonyl (C=O) groups excluding carboxylic acids is 1. The number of rotatable bonds is 5. The Morgan fingerprint density at radius 3 is 2.73 bits per heavy atom. The molecule has 0 radical (unpaired) electrons. The molecule has 1 aliphatic heterocycles. The number of piperazine rings is 1. The van der Waals surface area contributed by atoms with Crippen LogP contribution in [-0.4, -0.2) is 53.7 Å². The van der Waals surface area contributed by atoms with Crippen LogP contribution in [0.15, 0.2) is 36.5 Å². The number of halogens is 1. The first-order valence-corrected chi connectivity index (χ1v) is 8.64. The van der Waals surface area contributed by atoms with Gasteiger partial charge in [0, 0.05) is 44.5 Å². The number of amides is 1. The number of anilines is 2. The van der Waals surface area contributed by atoms with Crippen molar-refractivity contribution in [3.63, 3.8) is 0 Å². The normalized spacial score (nSPS) is 14.2. The first-order chi connectivity index (χ1) is 12.7. The highest BCUT2D eigenvalue weighted by Gasteiger charge is 2.23.